The molecule has 0 atom stereocenters. The van der Waals surface area contributed by atoms with Crippen molar-refractivity contribution in [1.82, 2.24) is 4.90 Å². The first-order chi connectivity index (χ1) is 8.83. The van der Waals surface area contributed by atoms with Crippen molar-refractivity contribution in [2.75, 3.05) is 31.7 Å². The van der Waals surface area contributed by atoms with E-state index in [-0.39, 0.29) is 0 Å². The molecule has 0 unspecified atom stereocenters. The molecule has 0 aliphatic carbocycles. The van der Waals surface area contributed by atoms with Crippen LogP contribution < -0.4 is 10.6 Å². The number of methoxy groups -OCH3 is 1. The Balaban J connectivity index is 2.14. The fourth-order valence-corrected chi connectivity index (χ4v) is 3.07. The summed E-state index contributed by atoms with van der Waals surface area (Å²) in [4.78, 5) is 2.46. The SMILES string of the molecule is COc1ccc(C=NN)cc1CN1CCSCC1. The van der Waals surface area contributed by atoms with Gasteiger partial charge in [-0.1, -0.05) is 0 Å². The van der Waals surface area contributed by atoms with Crippen molar-refractivity contribution in [3.8, 4) is 5.75 Å². The number of ether oxygens (including phenoxy) is 1. The van der Waals surface area contributed by atoms with Gasteiger partial charge in [-0.2, -0.15) is 16.9 Å². The van der Waals surface area contributed by atoms with E-state index < -0.39 is 0 Å². The minimum atomic E-state index is 0.927. The summed E-state index contributed by atoms with van der Waals surface area (Å²) in [7, 11) is 1.71. The number of nitrogens with zero attached hydrogens (tertiary/aromatic N) is 2. The van der Waals surface area contributed by atoms with Crippen LogP contribution in [0.1, 0.15) is 11.1 Å². The van der Waals surface area contributed by atoms with Gasteiger partial charge in [0.25, 0.3) is 0 Å². The van der Waals surface area contributed by atoms with Gasteiger partial charge >= 0.3 is 0 Å². The molecule has 2 N–H and O–H groups in total. The highest BCUT2D eigenvalue weighted by molar-refractivity contribution is 7.99. The number of hydrogen-bond acceptors (Lipinski definition) is 5. The molecule has 0 saturated carbocycles. The third-order valence-corrected chi connectivity index (χ3v) is 3.97. The average molecular weight is 265 g/mol. The van der Waals surface area contributed by atoms with Crippen LogP contribution >= 0.6 is 11.8 Å². The molecular formula is C13H19N3OS. The van der Waals surface area contributed by atoms with E-state index in [1.165, 1.54) is 17.1 Å². The van der Waals surface area contributed by atoms with E-state index in [4.69, 9.17) is 10.6 Å². The van der Waals surface area contributed by atoms with Crippen molar-refractivity contribution in [2.45, 2.75) is 6.54 Å². The van der Waals surface area contributed by atoms with Gasteiger partial charge in [0, 0.05) is 36.7 Å². The van der Waals surface area contributed by atoms with Crippen LogP contribution in [0.15, 0.2) is 23.3 Å². The Hall–Kier alpha value is -1.20. The van der Waals surface area contributed by atoms with E-state index in [9.17, 15) is 0 Å². The molecule has 1 aliphatic heterocycles. The highest BCUT2D eigenvalue weighted by Crippen LogP contribution is 2.22. The van der Waals surface area contributed by atoms with Gasteiger partial charge in [0.1, 0.15) is 5.75 Å². The first-order valence-corrected chi connectivity index (χ1v) is 7.19. The van der Waals surface area contributed by atoms with Crippen LogP contribution in [0.2, 0.25) is 0 Å². The summed E-state index contributed by atoms with van der Waals surface area (Å²) in [5, 5.41) is 3.57. The predicted molar refractivity (Wildman–Crippen MR) is 77.4 cm³/mol. The number of hydrazone groups is 1. The van der Waals surface area contributed by atoms with Crippen molar-refractivity contribution in [2.24, 2.45) is 10.9 Å². The molecule has 0 amide bonds. The second-order valence-corrected chi connectivity index (χ2v) is 5.46. The van der Waals surface area contributed by atoms with Crippen LogP contribution in [0.4, 0.5) is 0 Å². The molecule has 0 bridgehead atoms. The summed E-state index contributed by atoms with van der Waals surface area (Å²) in [6.07, 6.45) is 1.66. The van der Waals surface area contributed by atoms with Crippen LogP contribution in [0, 0.1) is 0 Å². The standard InChI is InChI=1S/C13H19N3OS/c1-17-13-3-2-11(9-15-14)8-12(13)10-16-4-6-18-7-5-16/h2-3,8-9H,4-7,10,14H2,1H3. The van der Waals surface area contributed by atoms with Crippen LogP contribution in [0.5, 0.6) is 5.75 Å². The molecule has 1 aromatic rings. The van der Waals surface area contributed by atoms with E-state index in [0.29, 0.717) is 0 Å². The first-order valence-electron chi connectivity index (χ1n) is 6.04. The maximum Gasteiger partial charge on any atom is 0.123 e. The van der Waals surface area contributed by atoms with E-state index in [2.05, 4.69) is 16.1 Å². The fourth-order valence-electron chi connectivity index (χ4n) is 2.09. The van der Waals surface area contributed by atoms with Gasteiger partial charge < -0.3 is 10.6 Å². The topological polar surface area (TPSA) is 50.9 Å². The van der Waals surface area contributed by atoms with E-state index in [1.54, 1.807) is 13.3 Å². The smallest absolute Gasteiger partial charge is 0.123 e. The molecular weight excluding hydrogens is 246 g/mol. The lowest BCUT2D eigenvalue weighted by atomic mass is 10.1. The lowest BCUT2D eigenvalue weighted by Gasteiger charge is -2.26. The molecule has 1 aliphatic rings. The fraction of sp³-hybridized carbons (Fsp3) is 0.462. The Bertz CT molecular complexity index is 417. The number of thioether (sulfide) groups is 1. The minimum absolute atomic E-state index is 0.927. The third-order valence-electron chi connectivity index (χ3n) is 3.03. The molecule has 5 heteroatoms. The van der Waals surface area contributed by atoms with Crippen molar-refractivity contribution in [1.29, 1.82) is 0 Å². The predicted octanol–water partition coefficient (Wildman–Crippen LogP) is 1.54. The summed E-state index contributed by atoms with van der Waals surface area (Å²) < 4.78 is 5.41. The molecule has 1 heterocycles. The number of benzene rings is 1. The molecule has 1 aromatic carbocycles. The van der Waals surface area contributed by atoms with Gasteiger partial charge in [-0.25, -0.2) is 0 Å². The highest BCUT2D eigenvalue weighted by Gasteiger charge is 2.13. The third kappa shape index (κ3) is 3.40. The molecule has 0 aromatic heterocycles. The Morgan fingerprint density at radius 2 is 2.22 bits per heavy atom. The maximum atomic E-state index is 5.41. The zero-order chi connectivity index (χ0) is 12.8. The normalized spacial score (nSPS) is 17.2. The molecule has 18 heavy (non-hydrogen) atoms. The van der Waals surface area contributed by atoms with Gasteiger partial charge in [-0.05, 0) is 23.8 Å². The molecule has 2 rings (SSSR count). The Morgan fingerprint density at radius 1 is 1.44 bits per heavy atom. The van der Waals surface area contributed by atoms with Gasteiger partial charge in [-0.3, -0.25) is 4.90 Å². The van der Waals surface area contributed by atoms with Crippen LogP contribution in [-0.4, -0.2) is 42.8 Å². The summed E-state index contributed by atoms with van der Waals surface area (Å²) >= 11 is 2.02. The minimum Gasteiger partial charge on any atom is -0.496 e. The number of nitrogens with two attached hydrogens (primary N) is 1. The van der Waals surface area contributed by atoms with Gasteiger partial charge in [0.05, 0.1) is 13.3 Å². The van der Waals surface area contributed by atoms with E-state index in [0.717, 1.165) is 30.9 Å². The highest BCUT2D eigenvalue weighted by atomic mass is 32.2. The average Bonchev–Trinajstić information content (AvgIpc) is 2.41. The molecule has 4 nitrogen and oxygen atoms in total. The Labute approximate surface area is 112 Å². The summed E-state index contributed by atoms with van der Waals surface area (Å²) in [5.41, 5.74) is 2.21. The summed E-state index contributed by atoms with van der Waals surface area (Å²) in [6, 6.07) is 6.03. The summed E-state index contributed by atoms with van der Waals surface area (Å²) in [6.45, 7) is 3.21. The van der Waals surface area contributed by atoms with Gasteiger partial charge in [0.2, 0.25) is 0 Å². The van der Waals surface area contributed by atoms with Crippen LogP contribution in [-0.2, 0) is 6.54 Å². The van der Waals surface area contributed by atoms with E-state index >= 15 is 0 Å². The van der Waals surface area contributed by atoms with E-state index in [1.807, 2.05) is 23.9 Å². The monoisotopic (exact) mass is 265 g/mol. The number of rotatable bonds is 4. The zero-order valence-corrected chi connectivity index (χ0v) is 11.4. The molecule has 0 spiro atoms. The lowest BCUT2D eigenvalue weighted by Crippen LogP contribution is -2.32. The molecule has 1 fully saturated rings. The quantitative estimate of drug-likeness (QED) is 0.510. The Morgan fingerprint density at radius 3 is 2.89 bits per heavy atom. The maximum absolute atomic E-state index is 5.41. The lowest BCUT2D eigenvalue weighted by molar-refractivity contribution is 0.288. The first kappa shape index (κ1) is 13.2. The second kappa shape index (κ2) is 6.66. The second-order valence-electron chi connectivity index (χ2n) is 4.24. The molecule has 98 valence electrons. The molecule has 0 radical (unpaired) electrons. The van der Waals surface area contributed by atoms with Crippen molar-refractivity contribution < 1.29 is 4.74 Å². The van der Waals surface area contributed by atoms with Crippen molar-refractivity contribution >= 4 is 18.0 Å². The zero-order valence-electron chi connectivity index (χ0n) is 10.6. The van der Waals surface area contributed by atoms with Gasteiger partial charge in [-0.15, -0.1) is 0 Å². The Kier molecular flexibility index (Phi) is 4.90. The number of hydrogen-bond donors (Lipinski definition) is 1. The summed E-state index contributed by atoms with van der Waals surface area (Å²) in [5.74, 6) is 8.55. The van der Waals surface area contributed by atoms with Crippen LogP contribution in [0.3, 0.4) is 0 Å². The van der Waals surface area contributed by atoms with Crippen molar-refractivity contribution in [3.05, 3.63) is 29.3 Å². The van der Waals surface area contributed by atoms with Gasteiger partial charge in [0.15, 0.2) is 0 Å². The largest absolute Gasteiger partial charge is 0.496 e. The van der Waals surface area contributed by atoms with Crippen molar-refractivity contribution in [3.63, 3.8) is 0 Å². The molecule has 1 saturated heterocycles. The van der Waals surface area contributed by atoms with Crippen LogP contribution in [0.25, 0.3) is 0 Å².